The molecule has 1 aromatic heterocycles. The SMILES string of the molecule is CC(Sc1ncc(-c2ccccc2)n1CC1CCCO1)C(=O)Nc1ccc(F)cc1. The highest BCUT2D eigenvalue weighted by Crippen LogP contribution is 2.30. The summed E-state index contributed by atoms with van der Waals surface area (Å²) in [5.74, 6) is -0.487. The van der Waals surface area contributed by atoms with E-state index in [2.05, 4.69) is 27.0 Å². The average Bonchev–Trinajstić information content (AvgIpc) is 3.41. The molecule has 2 heterocycles. The Kier molecular flexibility index (Phi) is 6.50. The van der Waals surface area contributed by atoms with Crippen LogP contribution in [0.25, 0.3) is 11.3 Å². The van der Waals surface area contributed by atoms with E-state index in [1.807, 2.05) is 31.3 Å². The van der Waals surface area contributed by atoms with Gasteiger partial charge >= 0.3 is 0 Å². The van der Waals surface area contributed by atoms with Gasteiger partial charge in [0.25, 0.3) is 0 Å². The highest BCUT2D eigenvalue weighted by atomic mass is 32.2. The van der Waals surface area contributed by atoms with Crippen molar-refractivity contribution >= 4 is 23.4 Å². The van der Waals surface area contributed by atoms with Gasteiger partial charge in [-0.1, -0.05) is 42.1 Å². The van der Waals surface area contributed by atoms with Crippen molar-refractivity contribution in [3.8, 4) is 11.3 Å². The molecule has 30 heavy (non-hydrogen) atoms. The first-order valence-electron chi connectivity index (χ1n) is 10.1. The normalized spacial score (nSPS) is 17.1. The van der Waals surface area contributed by atoms with Crippen molar-refractivity contribution in [2.75, 3.05) is 11.9 Å². The zero-order chi connectivity index (χ0) is 20.9. The lowest BCUT2D eigenvalue weighted by molar-refractivity contribution is -0.115. The summed E-state index contributed by atoms with van der Waals surface area (Å²) in [5.41, 5.74) is 2.67. The maximum absolute atomic E-state index is 13.1. The van der Waals surface area contributed by atoms with Crippen LogP contribution >= 0.6 is 11.8 Å². The molecule has 1 aliphatic rings. The second-order valence-corrected chi connectivity index (χ2v) is 8.60. The van der Waals surface area contributed by atoms with Crippen LogP contribution in [0.2, 0.25) is 0 Å². The first kappa shape index (κ1) is 20.6. The van der Waals surface area contributed by atoms with Crippen molar-refractivity contribution < 1.29 is 13.9 Å². The first-order valence-corrected chi connectivity index (χ1v) is 10.9. The number of nitrogens with one attached hydrogen (secondary N) is 1. The number of hydrogen-bond acceptors (Lipinski definition) is 4. The minimum absolute atomic E-state index is 0.153. The number of benzene rings is 2. The molecule has 1 fully saturated rings. The lowest BCUT2D eigenvalue weighted by Gasteiger charge is -2.18. The van der Waals surface area contributed by atoms with E-state index in [9.17, 15) is 9.18 Å². The molecule has 1 N–H and O–H groups in total. The molecule has 156 valence electrons. The van der Waals surface area contributed by atoms with Crippen LogP contribution in [0, 0.1) is 5.82 Å². The standard InChI is InChI=1S/C23H24FN3O2S/c1-16(22(28)26-19-11-9-18(24)10-12-19)30-23-25-14-21(17-6-3-2-4-7-17)27(23)15-20-8-5-13-29-20/h2-4,6-7,9-12,14,16,20H,5,8,13,15H2,1H3,(H,26,28). The zero-order valence-corrected chi connectivity index (χ0v) is 17.6. The molecule has 0 saturated carbocycles. The van der Waals surface area contributed by atoms with Crippen LogP contribution in [0.4, 0.5) is 10.1 Å². The van der Waals surface area contributed by atoms with E-state index >= 15 is 0 Å². The van der Waals surface area contributed by atoms with Crippen molar-refractivity contribution in [3.05, 3.63) is 66.6 Å². The summed E-state index contributed by atoms with van der Waals surface area (Å²) >= 11 is 1.41. The fraction of sp³-hybridized carbons (Fsp3) is 0.304. The molecular weight excluding hydrogens is 401 g/mol. The van der Waals surface area contributed by atoms with Crippen molar-refractivity contribution in [1.82, 2.24) is 9.55 Å². The Labute approximate surface area is 179 Å². The predicted molar refractivity (Wildman–Crippen MR) is 117 cm³/mol. The van der Waals surface area contributed by atoms with E-state index in [1.54, 1.807) is 12.1 Å². The fourth-order valence-electron chi connectivity index (χ4n) is 3.45. The molecule has 0 bridgehead atoms. The molecule has 0 aliphatic carbocycles. The largest absolute Gasteiger partial charge is 0.376 e. The maximum atomic E-state index is 13.1. The number of nitrogens with zero attached hydrogens (tertiary/aromatic N) is 2. The number of rotatable bonds is 7. The average molecular weight is 426 g/mol. The molecule has 3 aromatic rings. The van der Waals surface area contributed by atoms with Crippen LogP contribution in [0.1, 0.15) is 19.8 Å². The van der Waals surface area contributed by atoms with Gasteiger partial charge in [-0.25, -0.2) is 9.37 Å². The summed E-state index contributed by atoms with van der Waals surface area (Å²) in [4.78, 5) is 17.3. The lowest BCUT2D eigenvalue weighted by Crippen LogP contribution is -2.23. The van der Waals surface area contributed by atoms with E-state index in [0.29, 0.717) is 12.2 Å². The molecule has 4 rings (SSSR count). The van der Waals surface area contributed by atoms with E-state index < -0.39 is 0 Å². The van der Waals surface area contributed by atoms with E-state index in [0.717, 1.165) is 35.9 Å². The summed E-state index contributed by atoms with van der Waals surface area (Å²) in [6.07, 6.45) is 4.11. The number of aromatic nitrogens is 2. The molecule has 2 unspecified atom stereocenters. The Hall–Kier alpha value is -2.64. The first-order chi connectivity index (χ1) is 14.6. The third-order valence-corrected chi connectivity index (χ3v) is 6.17. The highest BCUT2D eigenvalue weighted by Gasteiger charge is 2.23. The Balaban J connectivity index is 1.52. The monoisotopic (exact) mass is 425 g/mol. The Morgan fingerprint density at radius 2 is 2.03 bits per heavy atom. The topological polar surface area (TPSA) is 56.2 Å². The number of thioether (sulfide) groups is 1. The summed E-state index contributed by atoms with van der Waals surface area (Å²) in [6, 6.07) is 15.9. The highest BCUT2D eigenvalue weighted by molar-refractivity contribution is 8.00. The summed E-state index contributed by atoms with van der Waals surface area (Å²) in [7, 11) is 0. The summed E-state index contributed by atoms with van der Waals surface area (Å²) in [5, 5.41) is 3.24. The van der Waals surface area contributed by atoms with Crippen LogP contribution in [0.5, 0.6) is 0 Å². The molecule has 2 aromatic carbocycles. The quantitative estimate of drug-likeness (QED) is 0.542. The van der Waals surface area contributed by atoms with Gasteiger partial charge in [-0.15, -0.1) is 0 Å². The van der Waals surface area contributed by atoms with Crippen LogP contribution in [-0.4, -0.2) is 33.4 Å². The van der Waals surface area contributed by atoms with Crippen LogP contribution in [-0.2, 0) is 16.1 Å². The molecule has 5 nitrogen and oxygen atoms in total. The van der Waals surface area contributed by atoms with Crippen LogP contribution in [0.15, 0.2) is 66.0 Å². The summed E-state index contributed by atoms with van der Waals surface area (Å²) in [6.45, 7) is 3.34. The maximum Gasteiger partial charge on any atom is 0.237 e. The van der Waals surface area contributed by atoms with Gasteiger partial charge in [-0.2, -0.15) is 0 Å². The van der Waals surface area contributed by atoms with Gasteiger partial charge in [-0.05, 0) is 49.6 Å². The van der Waals surface area contributed by atoms with Gasteiger partial charge in [0.2, 0.25) is 5.91 Å². The number of imidazole rings is 1. The molecule has 1 saturated heterocycles. The zero-order valence-electron chi connectivity index (χ0n) is 16.8. The van der Waals surface area contributed by atoms with Crippen LogP contribution in [0.3, 0.4) is 0 Å². The minimum atomic E-state index is -0.371. The predicted octanol–water partition coefficient (Wildman–Crippen LogP) is 4.99. The van der Waals surface area contributed by atoms with Gasteiger partial charge in [0.1, 0.15) is 5.82 Å². The molecule has 1 amide bonds. The summed E-state index contributed by atoms with van der Waals surface area (Å²) < 4.78 is 21.1. The van der Waals surface area contributed by atoms with E-state index in [-0.39, 0.29) is 23.1 Å². The van der Waals surface area contributed by atoms with Gasteiger partial charge < -0.3 is 14.6 Å². The van der Waals surface area contributed by atoms with E-state index in [4.69, 9.17) is 4.74 Å². The fourth-order valence-corrected chi connectivity index (χ4v) is 4.35. The molecule has 2 atom stereocenters. The van der Waals surface area contributed by atoms with Crippen molar-refractivity contribution in [2.45, 2.75) is 42.8 Å². The van der Waals surface area contributed by atoms with Gasteiger partial charge in [0.15, 0.2) is 5.16 Å². The lowest BCUT2D eigenvalue weighted by atomic mass is 10.1. The third-order valence-electron chi connectivity index (χ3n) is 5.06. The second-order valence-electron chi connectivity index (χ2n) is 7.29. The molecule has 1 aliphatic heterocycles. The van der Waals surface area contributed by atoms with Gasteiger partial charge in [0, 0.05) is 12.3 Å². The Morgan fingerprint density at radius 1 is 1.27 bits per heavy atom. The van der Waals surface area contributed by atoms with Crippen LogP contribution < -0.4 is 5.32 Å². The number of amides is 1. The van der Waals surface area contributed by atoms with Crippen molar-refractivity contribution in [2.24, 2.45) is 0 Å². The van der Waals surface area contributed by atoms with Gasteiger partial charge in [-0.3, -0.25) is 4.79 Å². The number of ether oxygens (including phenoxy) is 1. The molecule has 7 heteroatoms. The molecular formula is C23H24FN3O2S. The Bertz CT molecular complexity index is 985. The molecule has 0 radical (unpaired) electrons. The minimum Gasteiger partial charge on any atom is -0.376 e. The third kappa shape index (κ3) is 4.91. The number of hydrogen-bond donors (Lipinski definition) is 1. The van der Waals surface area contributed by atoms with Gasteiger partial charge in [0.05, 0.1) is 29.8 Å². The van der Waals surface area contributed by atoms with Crippen molar-refractivity contribution in [1.29, 1.82) is 0 Å². The number of anilines is 1. The smallest absolute Gasteiger partial charge is 0.237 e. The van der Waals surface area contributed by atoms with E-state index in [1.165, 1.54) is 23.9 Å². The second kappa shape index (κ2) is 9.45. The van der Waals surface area contributed by atoms with Crippen molar-refractivity contribution in [3.63, 3.8) is 0 Å². The number of carbonyl (C=O) groups excluding carboxylic acids is 1. The number of halogens is 1. The molecule has 0 spiro atoms. The number of carbonyl (C=O) groups is 1. The Morgan fingerprint density at radius 3 is 2.73 bits per heavy atom.